The van der Waals surface area contributed by atoms with E-state index in [0.717, 1.165) is 24.8 Å². The quantitative estimate of drug-likeness (QED) is 0.660. The second-order valence-corrected chi connectivity index (χ2v) is 4.44. The number of rotatable bonds is 1. The molecule has 0 fully saturated rings. The van der Waals surface area contributed by atoms with Gasteiger partial charge in [0.05, 0.1) is 12.0 Å². The summed E-state index contributed by atoms with van der Waals surface area (Å²) in [6, 6.07) is 0. The van der Waals surface area contributed by atoms with Crippen LogP contribution in [0, 0.1) is 11.3 Å². The number of aromatic nitrogens is 2. The lowest BCUT2D eigenvalue weighted by Crippen LogP contribution is -2.34. The summed E-state index contributed by atoms with van der Waals surface area (Å²) in [6.45, 7) is 4.27. The van der Waals surface area contributed by atoms with Gasteiger partial charge in [0.2, 0.25) is 0 Å². The molecule has 0 amide bonds. The molecule has 1 N–H and O–H groups in total. The zero-order valence-corrected chi connectivity index (χ0v) is 8.00. The molecule has 13 heavy (non-hydrogen) atoms. The van der Waals surface area contributed by atoms with Crippen LogP contribution in [0.2, 0.25) is 0 Å². The van der Waals surface area contributed by atoms with Crippen LogP contribution in [-0.2, 0) is 17.6 Å². The van der Waals surface area contributed by atoms with Crippen molar-refractivity contribution in [3.63, 3.8) is 0 Å². The molecule has 0 saturated carbocycles. The number of aldehydes is 1. The Hall–Kier alpha value is -1.12. The first kappa shape index (κ1) is 8.48. The topological polar surface area (TPSA) is 45.8 Å². The fourth-order valence-corrected chi connectivity index (χ4v) is 1.98. The third-order valence-corrected chi connectivity index (χ3v) is 3.02. The van der Waals surface area contributed by atoms with Crippen LogP contribution in [0.4, 0.5) is 0 Å². The Labute approximate surface area is 77.6 Å². The Morgan fingerprint density at radius 3 is 3.15 bits per heavy atom. The number of fused-ring (bicyclic) bond motifs is 1. The Morgan fingerprint density at radius 1 is 1.69 bits per heavy atom. The molecule has 3 nitrogen and oxygen atoms in total. The van der Waals surface area contributed by atoms with Crippen LogP contribution >= 0.6 is 0 Å². The third kappa shape index (κ3) is 1.28. The number of H-pyrrole nitrogens is 1. The van der Waals surface area contributed by atoms with Gasteiger partial charge in [-0.3, -0.25) is 0 Å². The maximum absolute atomic E-state index is 10.9. The molecular formula is C10H14N2O. The van der Waals surface area contributed by atoms with Crippen molar-refractivity contribution >= 4 is 6.29 Å². The highest BCUT2D eigenvalue weighted by Gasteiger charge is 2.35. The van der Waals surface area contributed by atoms with E-state index in [-0.39, 0.29) is 11.3 Å². The molecular weight excluding hydrogens is 164 g/mol. The van der Waals surface area contributed by atoms with Crippen molar-refractivity contribution in [2.24, 2.45) is 11.3 Å². The maximum Gasteiger partial charge on any atom is 0.124 e. The highest BCUT2D eigenvalue weighted by atomic mass is 16.1. The van der Waals surface area contributed by atoms with Gasteiger partial charge in [-0.15, -0.1) is 0 Å². The van der Waals surface area contributed by atoms with E-state index in [0.29, 0.717) is 0 Å². The molecule has 0 spiro atoms. The Balaban J connectivity index is 2.36. The van der Waals surface area contributed by atoms with Gasteiger partial charge in [0.1, 0.15) is 6.29 Å². The van der Waals surface area contributed by atoms with Gasteiger partial charge >= 0.3 is 0 Å². The third-order valence-electron chi connectivity index (χ3n) is 3.02. The molecule has 0 bridgehead atoms. The van der Waals surface area contributed by atoms with E-state index in [1.54, 1.807) is 6.33 Å². The van der Waals surface area contributed by atoms with Gasteiger partial charge in [-0.1, -0.05) is 13.8 Å². The van der Waals surface area contributed by atoms with Crippen LogP contribution in [-0.4, -0.2) is 16.3 Å². The first-order valence-electron chi connectivity index (χ1n) is 4.60. The molecule has 3 heteroatoms. The lowest BCUT2D eigenvalue weighted by molar-refractivity contribution is -0.114. The molecule has 1 aliphatic rings. The first-order chi connectivity index (χ1) is 6.13. The molecule has 0 saturated heterocycles. The van der Waals surface area contributed by atoms with Crippen LogP contribution in [0.1, 0.15) is 25.2 Å². The fraction of sp³-hybridized carbons (Fsp3) is 0.600. The minimum Gasteiger partial charge on any atom is -0.348 e. The molecule has 2 rings (SSSR count). The highest BCUT2D eigenvalue weighted by molar-refractivity contribution is 5.56. The normalized spacial score (nSPS) is 25.2. The highest BCUT2D eigenvalue weighted by Crippen LogP contribution is 2.36. The van der Waals surface area contributed by atoms with E-state index in [1.165, 1.54) is 5.69 Å². The van der Waals surface area contributed by atoms with Gasteiger partial charge in [0, 0.05) is 18.0 Å². The second kappa shape index (κ2) is 2.69. The van der Waals surface area contributed by atoms with E-state index in [9.17, 15) is 4.79 Å². The molecule has 0 aliphatic heterocycles. The Bertz CT molecular complexity index is 327. The van der Waals surface area contributed by atoms with E-state index in [4.69, 9.17) is 0 Å². The van der Waals surface area contributed by atoms with Crippen LogP contribution in [0.25, 0.3) is 0 Å². The summed E-state index contributed by atoms with van der Waals surface area (Å²) >= 11 is 0. The standard InChI is InChI=1S/C10H14N2O/c1-10(2)4-9-8(11-6-12-9)3-7(10)5-13/h5-7H,3-4H2,1-2H3,(H,11,12). The van der Waals surface area contributed by atoms with E-state index >= 15 is 0 Å². The summed E-state index contributed by atoms with van der Waals surface area (Å²) in [5, 5.41) is 0. The van der Waals surface area contributed by atoms with Gasteiger partial charge < -0.3 is 9.78 Å². The van der Waals surface area contributed by atoms with E-state index in [1.807, 2.05) is 0 Å². The average Bonchev–Trinajstić information content (AvgIpc) is 2.47. The van der Waals surface area contributed by atoms with Crippen molar-refractivity contribution in [1.29, 1.82) is 0 Å². The number of nitrogens with zero attached hydrogens (tertiary/aromatic N) is 1. The second-order valence-electron chi connectivity index (χ2n) is 4.44. The summed E-state index contributed by atoms with van der Waals surface area (Å²) in [6.07, 6.45) is 4.49. The predicted molar refractivity (Wildman–Crippen MR) is 49.3 cm³/mol. The number of imidazole rings is 1. The molecule has 1 aliphatic carbocycles. The Morgan fingerprint density at radius 2 is 2.46 bits per heavy atom. The van der Waals surface area contributed by atoms with Crippen molar-refractivity contribution in [2.45, 2.75) is 26.7 Å². The van der Waals surface area contributed by atoms with Crippen molar-refractivity contribution < 1.29 is 4.79 Å². The number of hydrogen-bond acceptors (Lipinski definition) is 2. The minimum atomic E-state index is 0.0707. The lowest BCUT2D eigenvalue weighted by Gasteiger charge is -2.34. The summed E-state index contributed by atoms with van der Waals surface area (Å²) in [5.74, 6) is 0.114. The molecule has 1 aromatic heterocycles. The molecule has 1 aromatic rings. The summed E-state index contributed by atoms with van der Waals surface area (Å²) in [4.78, 5) is 18.2. The van der Waals surface area contributed by atoms with E-state index < -0.39 is 0 Å². The van der Waals surface area contributed by atoms with E-state index in [2.05, 4.69) is 23.8 Å². The molecule has 1 atom stereocenters. The molecule has 0 radical (unpaired) electrons. The summed E-state index contributed by atoms with van der Waals surface area (Å²) in [7, 11) is 0. The van der Waals surface area contributed by atoms with Crippen molar-refractivity contribution in [3.05, 3.63) is 17.7 Å². The fourth-order valence-electron chi connectivity index (χ4n) is 1.98. The van der Waals surface area contributed by atoms with Gasteiger partial charge in [-0.25, -0.2) is 4.98 Å². The molecule has 0 aromatic carbocycles. The van der Waals surface area contributed by atoms with Crippen LogP contribution < -0.4 is 0 Å². The lowest BCUT2D eigenvalue weighted by atomic mass is 9.70. The summed E-state index contributed by atoms with van der Waals surface area (Å²) in [5.41, 5.74) is 2.33. The van der Waals surface area contributed by atoms with Gasteiger partial charge in [0.25, 0.3) is 0 Å². The Kier molecular flexibility index (Phi) is 1.75. The monoisotopic (exact) mass is 178 g/mol. The van der Waals surface area contributed by atoms with Gasteiger partial charge in [0.15, 0.2) is 0 Å². The van der Waals surface area contributed by atoms with Crippen LogP contribution in [0.15, 0.2) is 6.33 Å². The number of carbonyl (C=O) groups excluding carboxylic acids is 1. The number of hydrogen-bond donors (Lipinski definition) is 1. The van der Waals surface area contributed by atoms with Crippen LogP contribution in [0.3, 0.4) is 0 Å². The largest absolute Gasteiger partial charge is 0.348 e. The molecule has 1 unspecified atom stereocenters. The van der Waals surface area contributed by atoms with Crippen molar-refractivity contribution in [3.8, 4) is 0 Å². The van der Waals surface area contributed by atoms with Crippen molar-refractivity contribution in [2.75, 3.05) is 0 Å². The zero-order chi connectivity index (χ0) is 9.47. The number of aromatic amines is 1. The van der Waals surface area contributed by atoms with Crippen molar-refractivity contribution in [1.82, 2.24) is 9.97 Å². The zero-order valence-electron chi connectivity index (χ0n) is 8.00. The first-order valence-corrected chi connectivity index (χ1v) is 4.60. The number of nitrogens with one attached hydrogen (secondary N) is 1. The maximum atomic E-state index is 10.9. The van der Waals surface area contributed by atoms with Gasteiger partial charge in [-0.05, 0) is 11.8 Å². The summed E-state index contributed by atoms with van der Waals surface area (Å²) < 4.78 is 0. The number of carbonyl (C=O) groups is 1. The minimum absolute atomic E-state index is 0.0707. The molecule has 1 heterocycles. The van der Waals surface area contributed by atoms with Gasteiger partial charge in [-0.2, -0.15) is 0 Å². The smallest absolute Gasteiger partial charge is 0.124 e. The SMILES string of the molecule is CC1(C)Cc2[nH]cnc2CC1C=O. The average molecular weight is 178 g/mol. The molecule has 70 valence electrons. The van der Waals surface area contributed by atoms with Crippen LogP contribution in [0.5, 0.6) is 0 Å². The predicted octanol–water partition coefficient (Wildman–Crippen LogP) is 1.35.